The number of oxazole rings is 1. The van der Waals surface area contributed by atoms with E-state index in [-0.39, 0.29) is 18.7 Å². The molecule has 0 bridgehead atoms. The number of halogens is 1. The number of nitrogens with one attached hydrogen (secondary N) is 2. The average molecular weight is 280 g/mol. The summed E-state index contributed by atoms with van der Waals surface area (Å²) >= 11 is 0. The molecular weight excluding hydrogens is 263 g/mol. The number of carbonyl (C=O) groups excluding carboxylic acids is 1. The molecule has 0 saturated heterocycles. The third-order valence-corrected chi connectivity index (χ3v) is 2.89. The second-order valence-electron chi connectivity index (χ2n) is 5.34. The van der Waals surface area contributed by atoms with Gasteiger partial charge in [0.25, 0.3) is 0 Å². The summed E-state index contributed by atoms with van der Waals surface area (Å²) in [6.45, 7) is 3.25. The molecule has 20 heavy (non-hydrogen) atoms. The fourth-order valence-electron chi connectivity index (χ4n) is 1.86. The molecule has 0 spiro atoms. The Morgan fingerprint density at radius 1 is 1.45 bits per heavy atom. The molecule has 0 aliphatic carbocycles. The number of amides is 1. The number of carbonyl (C=O) groups is 1. The highest BCUT2D eigenvalue weighted by molar-refractivity contribution is 5.80. The Labute approximate surface area is 115 Å². The van der Waals surface area contributed by atoms with Gasteiger partial charge in [-0.2, -0.15) is 0 Å². The third-order valence-electron chi connectivity index (χ3n) is 2.89. The fourth-order valence-corrected chi connectivity index (χ4v) is 1.86. The molecule has 0 radical (unpaired) electrons. The predicted octanol–water partition coefficient (Wildman–Crippen LogP) is 1.92. The molecule has 1 amide bonds. The topological polar surface area (TPSA) is 75.1 Å². The van der Waals surface area contributed by atoms with Gasteiger partial charge in [-0.3, -0.25) is 9.78 Å². The summed E-state index contributed by atoms with van der Waals surface area (Å²) in [6.07, 6.45) is 0.447. The number of aromatic amines is 1. The number of hydrogen-bond donors (Lipinski definition) is 2. The SMILES string of the molecule is CC(C)(F)CCNC(=O)Cc1ccc2oc(=O)[nH]c2c1. The van der Waals surface area contributed by atoms with E-state index < -0.39 is 11.4 Å². The van der Waals surface area contributed by atoms with Crippen LogP contribution in [0.15, 0.2) is 27.4 Å². The van der Waals surface area contributed by atoms with Gasteiger partial charge in [0, 0.05) is 6.54 Å². The Kier molecular flexibility index (Phi) is 3.92. The highest BCUT2D eigenvalue weighted by Crippen LogP contribution is 2.13. The molecule has 2 rings (SSSR count). The molecule has 0 unspecified atom stereocenters. The largest absolute Gasteiger partial charge is 0.417 e. The molecule has 2 N–H and O–H groups in total. The molecule has 0 fully saturated rings. The summed E-state index contributed by atoms with van der Waals surface area (Å²) in [6, 6.07) is 5.05. The highest BCUT2D eigenvalue weighted by Gasteiger charge is 2.15. The van der Waals surface area contributed by atoms with Crippen LogP contribution in [0.1, 0.15) is 25.8 Å². The normalized spacial score (nSPS) is 11.8. The van der Waals surface area contributed by atoms with E-state index in [0.29, 0.717) is 17.6 Å². The minimum Gasteiger partial charge on any atom is -0.408 e. The van der Waals surface area contributed by atoms with Crippen molar-refractivity contribution in [2.75, 3.05) is 6.54 Å². The number of aromatic nitrogens is 1. The van der Waals surface area contributed by atoms with Crippen LogP contribution in [0.2, 0.25) is 0 Å². The Balaban J connectivity index is 1.94. The number of hydrogen-bond acceptors (Lipinski definition) is 3. The van der Waals surface area contributed by atoms with Crippen molar-refractivity contribution in [2.45, 2.75) is 32.4 Å². The molecule has 0 aliphatic heterocycles. The van der Waals surface area contributed by atoms with Crippen molar-refractivity contribution in [3.05, 3.63) is 34.3 Å². The van der Waals surface area contributed by atoms with Crippen molar-refractivity contribution in [1.82, 2.24) is 10.3 Å². The molecule has 1 heterocycles. The van der Waals surface area contributed by atoms with Crippen molar-refractivity contribution < 1.29 is 13.6 Å². The van der Waals surface area contributed by atoms with Gasteiger partial charge in [0.1, 0.15) is 5.67 Å². The maximum absolute atomic E-state index is 13.2. The first-order valence-electron chi connectivity index (χ1n) is 6.41. The molecule has 2 aromatic rings. The van der Waals surface area contributed by atoms with Gasteiger partial charge < -0.3 is 9.73 Å². The van der Waals surface area contributed by atoms with Gasteiger partial charge in [-0.05, 0) is 38.0 Å². The van der Waals surface area contributed by atoms with Crippen molar-refractivity contribution in [1.29, 1.82) is 0 Å². The maximum atomic E-state index is 13.2. The van der Waals surface area contributed by atoms with Crippen LogP contribution in [-0.4, -0.2) is 23.1 Å². The zero-order valence-electron chi connectivity index (χ0n) is 11.5. The summed E-state index contributed by atoms with van der Waals surface area (Å²) in [5, 5.41) is 2.67. The quantitative estimate of drug-likeness (QED) is 0.878. The molecular formula is C14H17FN2O3. The second kappa shape index (κ2) is 5.48. The van der Waals surface area contributed by atoms with Gasteiger partial charge in [-0.15, -0.1) is 0 Å². The van der Waals surface area contributed by atoms with Gasteiger partial charge in [-0.25, -0.2) is 9.18 Å². The van der Waals surface area contributed by atoms with Crippen LogP contribution in [0, 0.1) is 0 Å². The van der Waals surface area contributed by atoms with Crippen LogP contribution in [0.25, 0.3) is 11.1 Å². The van der Waals surface area contributed by atoms with Crippen LogP contribution in [0.5, 0.6) is 0 Å². The number of H-pyrrole nitrogens is 1. The summed E-state index contributed by atoms with van der Waals surface area (Å²) < 4.78 is 18.1. The first-order valence-corrected chi connectivity index (χ1v) is 6.41. The first kappa shape index (κ1) is 14.3. The van der Waals surface area contributed by atoms with E-state index in [9.17, 15) is 14.0 Å². The van der Waals surface area contributed by atoms with Gasteiger partial charge in [0.2, 0.25) is 5.91 Å². The lowest BCUT2D eigenvalue weighted by atomic mass is 10.1. The van der Waals surface area contributed by atoms with Gasteiger partial charge in [-0.1, -0.05) is 6.07 Å². The Bertz CT molecular complexity index is 667. The van der Waals surface area contributed by atoms with Crippen molar-refractivity contribution in [2.24, 2.45) is 0 Å². The van der Waals surface area contributed by atoms with E-state index in [0.717, 1.165) is 5.56 Å². The Morgan fingerprint density at radius 2 is 2.20 bits per heavy atom. The lowest BCUT2D eigenvalue weighted by molar-refractivity contribution is -0.120. The smallest absolute Gasteiger partial charge is 0.408 e. The second-order valence-corrected chi connectivity index (χ2v) is 5.34. The van der Waals surface area contributed by atoms with E-state index in [4.69, 9.17) is 4.42 Å². The molecule has 6 heteroatoms. The van der Waals surface area contributed by atoms with Gasteiger partial charge in [0.05, 0.1) is 11.9 Å². The molecule has 1 aromatic heterocycles. The van der Waals surface area contributed by atoms with Crippen molar-refractivity contribution >= 4 is 17.0 Å². The van der Waals surface area contributed by atoms with E-state index >= 15 is 0 Å². The minimum absolute atomic E-state index is 0.176. The average Bonchev–Trinajstić information content (AvgIpc) is 2.66. The maximum Gasteiger partial charge on any atom is 0.417 e. The summed E-state index contributed by atoms with van der Waals surface area (Å²) in [5.41, 5.74) is 0.484. The van der Waals surface area contributed by atoms with Gasteiger partial charge >= 0.3 is 5.76 Å². The Morgan fingerprint density at radius 3 is 2.90 bits per heavy atom. The molecule has 0 saturated carbocycles. The van der Waals surface area contributed by atoms with Gasteiger partial charge in [0.15, 0.2) is 5.58 Å². The van der Waals surface area contributed by atoms with E-state index in [1.165, 1.54) is 13.8 Å². The molecule has 0 aliphatic rings. The van der Waals surface area contributed by atoms with Crippen LogP contribution < -0.4 is 11.1 Å². The van der Waals surface area contributed by atoms with Crippen LogP contribution in [0.4, 0.5) is 4.39 Å². The summed E-state index contributed by atoms with van der Waals surface area (Å²) in [4.78, 5) is 25.3. The molecule has 5 nitrogen and oxygen atoms in total. The van der Waals surface area contributed by atoms with E-state index in [1.54, 1.807) is 18.2 Å². The molecule has 0 atom stereocenters. The Hall–Kier alpha value is -2.11. The number of benzene rings is 1. The number of rotatable bonds is 5. The minimum atomic E-state index is -1.29. The third kappa shape index (κ3) is 3.94. The summed E-state index contributed by atoms with van der Waals surface area (Å²) in [7, 11) is 0. The monoisotopic (exact) mass is 280 g/mol. The number of fused-ring (bicyclic) bond motifs is 1. The van der Waals surface area contributed by atoms with E-state index in [1.807, 2.05) is 0 Å². The standard InChI is InChI=1S/C14H17FN2O3/c1-14(2,15)5-6-16-12(18)8-9-3-4-11-10(7-9)17-13(19)20-11/h3-4,7H,5-6,8H2,1-2H3,(H,16,18)(H,17,19). The zero-order chi connectivity index (χ0) is 14.8. The van der Waals surface area contributed by atoms with Crippen LogP contribution >= 0.6 is 0 Å². The van der Waals surface area contributed by atoms with Crippen LogP contribution in [0.3, 0.4) is 0 Å². The fraction of sp³-hybridized carbons (Fsp3) is 0.429. The lowest BCUT2D eigenvalue weighted by Gasteiger charge is -2.14. The van der Waals surface area contributed by atoms with E-state index in [2.05, 4.69) is 10.3 Å². The van der Waals surface area contributed by atoms with Crippen molar-refractivity contribution in [3.63, 3.8) is 0 Å². The molecule has 108 valence electrons. The first-order chi connectivity index (χ1) is 9.33. The highest BCUT2D eigenvalue weighted by atomic mass is 19.1. The molecule has 1 aromatic carbocycles. The zero-order valence-corrected chi connectivity index (χ0v) is 11.5. The summed E-state index contributed by atoms with van der Waals surface area (Å²) in [5.74, 6) is -0.703. The lowest BCUT2D eigenvalue weighted by Crippen LogP contribution is -2.29. The number of alkyl halides is 1. The predicted molar refractivity (Wildman–Crippen MR) is 73.4 cm³/mol. The van der Waals surface area contributed by atoms with Crippen molar-refractivity contribution in [3.8, 4) is 0 Å². The van der Waals surface area contributed by atoms with Crippen LogP contribution in [-0.2, 0) is 11.2 Å².